The Hall–Kier alpha value is -0.850. The number of anilines is 1. The molecule has 0 saturated carbocycles. The predicted octanol–water partition coefficient (Wildman–Crippen LogP) is 2.96. The van der Waals surface area contributed by atoms with E-state index in [1.807, 2.05) is 13.0 Å². The van der Waals surface area contributed by atoms with Crippen molar-refractivity contribution in [3.05, 3.63) is 11.9 Å². The molecule has 0 atom stereocenters. The number of ether oxygens (including phenoxy) is 2. The van der Waals surface area contributed by atoms with Gasteiger partial charge in [0.25, 0.3) is 0 Å². The van der Waals surface area contributed by atoms with Crippen LogP contribution in [0.4, 0.5) is 5.82 Å². The molecule has 0 aromatic carbocycles. The Morgan fingerprint density at radius 2 is 2.15 bits per heavy atom. The molecule has 1 rings (SSSR count). The van der Waals surface area contributed by atoms with E-state index in [0.29, 0.717) is 13.2 Å². The van der Waals surface area contributed by atoms with Crippen LogP contribution in [-0.4, -0.2) is 42.6 Å². The van der Waals surface area contributed by atoms with Gasteiger partial charge in [-0.1, -0.05) is 6.92 Å². The molecule has 20 heavy (non-hydrogen) atoms. The van der Waals surface area contributed by atoms with Gasteiger partial charge < -0.3 is 14.8 Å². The Balaban J connectivity index is 2.64. The highest BCUT2D eigenvalue weighted by Crippen LogP contribution is 2.20. The van der Waals surface area contributed by atoms with Crippen molar-refractivity contribution in [2.45, 2.75) is 38.3 Å². The first-order valence-electron chi connectivity index (χ1n) is 7.11. The van der Waals surface area contributed by atoms with Gasteiger partial charge in [-0.15, -0.1) is 11.8 Å². The highest BCUT2D eigenvalue weighted by molar-refractivity contribution is 7.99. The molecule has 0 spiro atoms. The van der Waals surface area contributed by atoms with Gasteiger partial charge in [0.1, 0.15) is 17.5 Å². The molecule has 1 heterocycles. The maximum absolute atomic E-state index is 5.40. The zero-order valence-corrected chi connectivity index (χ0v) is 13.5. The van der Waals surface area contributed by atoms with Crippen molar-refractivity contribution in [3.8, 4) is 0 Å². The molecule has 0 bridgehead atoms. The summed E-state index contributed by atoms with van der Waals surface area (Å²) in [6, 6.07) is 2.00. The van der Waals surface area contributed by atoms with Gasteiger partial charge in [0, 0.05) is 38.7 Å². The first kappa shape index (κ1) is 17.2. The van der Waals surface area contributed by atoms with Crippen LogP contribution in [-0.2, 0) is 16.1 Å². The highest BCUT2D eigenvalue weighted by Gasteiger charge is 2.05. The minimum Gasteiger partial charge on any atom is -0.385 e. The highest BCUT2D eigenvalue weighted by atomic mass is 32.2. The number of aromatic nitrogens is 2. The van der Waals surface area contributed by atoms with Crippen LogP contribution in [0.5, 0.6) is 0 Å². The molecule has 1 aromatic heterocycles. The number of thioether (sulfide) groups is 1. The molecule has 1 aromatic rings. The largest absolute Gasteiger partial charge is 0.385 e. The minimum absolute atomic E-state index is 0.462. The average Bonchev–Trinajstić information content (AvgIpc) is 2.47. The van der Waals surface area contributed by atoms with Gasteiger partial charge in [-0.25, -0.2) is 9.97 Å². The van der Waals surface area contributed by atoms with Crippen LogP contribution in [0.2, 0.25) is 0 Å². The number of rotatable bonds is 11. The summed E-state index contributed by atoms with van der Waals surface area (Å²) in [5, 5.41) is 4.30. The second kappa shape index (κ2) is 10.9. The lowest BCUT2D eigenvalue weighted by Crippen LogP contribution is -2.07. The molecule has 0 amide bonds. The Morgan fingerprint density at radius 3 is 2.85 bits per heavy atom. The van der Waals surface area contributed by atoms with E-state index in [-0.39, 0.29) is 0 Å². The van der Waals surface area contributed by atoms with E-state index in [9.17, 15) is 0 Å². The van der Waals surface area contributed by atoms with Crippen LogP contribution in [0, 0.1) is 0 Å². The molecular formula is C14H25N3O2S. The fourth-order valence-electron chi connectivity index (χ4n) is 1.53. The molecule has 114 valence electrons. The number of nitrogens with zero attached hydrogens (tertiary/aromatic N) is 2. The van der Waals surface area contributed by atoms with Crippen LogP contribution >= 0.6 is 11.8 Å². The van der Waals surface area contributed by atoms with E-state index >= 15 is 0 Å². The smallest absolute Gasteiger partial charge is 0.157 e. The second-order valence-corrected chi connectivity index (χ2v) is 5.38. The van der Waals surface area contributed by atoms with Gasteiger partial charge in [-0.2, -0.15) is 0 Å². The number of nitrogens with one attached hydrogen (secondary N) is 1. The molecule has 0 saturated heterocycles. The summed E-state index contributed by atoms with van der Waals surface area (Å²) >= 11 is 1.73. The van der Waals surface area contributed by atoms with Crippen LogP contribution in [0.25, 0.3) is 0 Å². The predicted molar refractivity (Wildman–Crippen MR) is 83.4 cm³/mol. The third kappa shape index (κ3) is 7.07. The normalized spacial score (nSPS) is 10.8. The second-order valence-electron chi connectivity index (χ2n) is 4.27. The van der Waals surface area contributed by atoms with E-state index in [4.69, 9.17) is 9.47 Å². The van der Waals surface area contributed by atoms with Crippen molar-refractivity contribution >= 4 is 17.6 Å². The summed E-state index contributed by atoms with van der Waals surface area (Å²) in [5.74, 6) is 2.61. The standard InChI is InChI=1S/C14H25N3O2S/c1-4-7-15-12-10-14(20-9-6-8-18-3)17-13(16-12)11-19-5-2/h10H,4-9,11H2,1-3H3,(H,15,16,17). The van der Waals surface area contributed by atoms with Crippen molar-refractivity contribution in [2.75, 3.05) is 37.9 Å². The molecule has 6 heteroatoms. The number of methoxy groups -OCH3 is 1. The third-order valence-electron chi connectivity index (χ3n) is 2.48. The van der Waals surface area contributed by atoms with E-state index in [1.54, 1.807) is 18.9 Å². The molecule has 1 N–H and O–H groups in total. The lowest BCUT2D eigenvalue weighted by molar-refractivity contribution is 0.128. The molecule has 0 fully saturated rings. The molecule has 0 aliphatic rings. The van der Waals surface area contributed by atoms with E-state index in [2.05, 4.69) is 22.2 Å². The summed E-state index contributed by atoms with van der Waals surface area (Å²) in [4.78, 5) is 8.99. The van der Waals surface area contributed by atoms with Crippen molar-refractivity contribution in [1.29, 1.82) is 0 Å². The van der Waals surface area contributed by atoms with Gasteiger partial charge in [-0.05, 0) is 19.8 Å². The van der Waals surface area contributed by atoms with Crippen molar-refractivity contribution in [2.24, 2.45) is 0 Å². The van der Waals surface area contributed by atoms with Gasteiger partial charge in [0.2, 0.25) is 0 Å². The summed E-state index contributed by atoms with van der Waals surface area (Å²) in [7, 11) is 1.72. The maximum Gasteiger partial charge on any atom is 0.157 e. The van der Waals surface area contributed by atoms with Crippen molar-refractivity contribution in [3.63, 3.8) is 0 Å². The third-order valence-corrected chi connectivity index (χ3v) is 3.48. The fourth-order valence-corrected chi connectivity index (χ4v) is 2.36. The van der Waals surface area contributed by atoms with Gasteiger partial charge >= 0.3 is 0 Å². The monoisotopic (exact) mass is 299 g/mol. The summed E-state index contributed by atoms with van der Waals surface area (Å²) in [6.45, 7) is 6.94. The molecule has 0 radical (unpaired) electrons. The Bertz CT molecular complexity index is 351. The summed E-state index contributed by atoms with van der Waals surface area (Å²) < 4.78 is 10.5. The Labute approximate surface area is 125 Å². The lowest BCUT2D eigenvalue weighted by atomic mass is 10.4. The molecular weight excluding hydrogens is 274 g/mol. The van der Waals surface area contributed by atoms with Crippen molar-refractivity contribution < 1.29 is 9.47 Å². The SMILES string of the molecule is CCCNc1cc(SCCCOC)nc(COCC)n1. The topological polar surface area (TPSA) is 56.3 Å². The van der Waals surface area contributed by atoms with Gasteiger partial charge in [-0.3, -0.25) is 0 Å². The number of hydrogen-bond acceptors (Lipinski definition) is 6. The number of hydrogen-bond donors (Lipinski definition) is 1. The van der Waals surface area contributed by atoms with Crippen LogP contribution < -0.4 is 5.32 Å². The van der Waals surface area contributed by atoms with Crippen LogP contribution in [0.3, 0.4) is 0 Å². The van der Waals surface area contributed by atoms with E-state index < -0.39 is 0 Å². The fraction of sp³-hybridized carbons (Fsp3) is 0.714. The zero-order valence-electron chi connectivity index (χ0n) is 12.6. The lowest BCUT2D eigenvalue weighted by Gasteiger charge is -2.09. The van der Waals surface area contributed by atoms with E-state index in [0.717, 1.165) is 48.4 Å². The molecule has 0 unspecified atom stereocenters. The van der Waals surface area contributed by atoms with Gasteiger partial charge in [0.15, 0.2) is 5.82 Å². The van der Waals surface area contributed by atoms with Crippen molar-refractivity contribution in [1.82, 2.24) is 9.97 Å². The zero-order chi connectivity index (χ0) is 14.6. The quantitative estimate of drug-likeness (QED) is 0.385. The van der Waals surface area contributed by atoms with Crippen LogP contribution in [0.1, 0.15) is 32.5 Å². The van der Waals surface area contributed by atoms with Gasteiger partial charge in [0.05, 0.1) is 0 Å². The summed E-state index contributed by atoms with van der Waals surface area (Å²) in [5.41, 5.74) is 0. The first-order valence-corrected chi connectivity index (χ1v) is 8.10. The molecule has 5 nitrogen and oxygen atoms in total. The van der Waals surface area contributed by atoms with E-state index in [1.165, 1.54) is 0 Å². The molecule has 0 aliphatic heterocycles. The average molecular weight is 299 g/mol. The first-order chi connectivity index (χ1) is 9.80. The molecule has 0 aliphatic carbocycles. The van der Waals surface area contributed by atoms with Crippen LogP contribution in [0.15, 0.2) is 11.1 Å². The summed E-state index contributed by atoms with van der Waals surface area (Å²) in [6.07, 6.45) is 2.09. The Morgan fingerprint density at radius 1 is 1.30 bits per heavy atom. The maximum atomic E-state index is 5.40. The minimum atomic E-state index is 0.462. The Kier molecular flexibility index (Phi) is 9.36.